The molecule has 0 fully saturated rings. The normalized spacial score (nSPS) is 10.2. The Labute approximate surface area is 125 Å². The van der Waals surface area contributed by atoms with Gasteiger partial charge in [-0.05, 0) is 17.5 Å². The third-order valence-corrected chi connectivity index (χ3v) is 3.80. The van der Waals surface area contributed by atoms with Crippen LogP contribution in [-0.4, -0.2) is 16.0 Å². The molecule has 0 amide bonds. The summed E-state index contributed by atoms with van der Waals surface area (Å²) in [7, 11) is 0. The average Bonchev–Trinajstić information content (AvgIpc) is 2.84. The molecule has 0 unspecified atom stereocenters. The first-order valence-electron chi connectivity index (χ1n) is 5.35. The van der Waals surface area contributed by atoms with Crippen LogP contribution in [0, 0.1) is 10.1 Å². The van der Waals surface area contributed by atoms with Crippen LogP contribution in [-0.2, 0) is 6.61 Å². The largest absolute Gasteiger partial charge is 0.489 e. The number of benzene rings is 1. The third kappa shape index (κ3) is 3.34. The minimum absolute atomic E-state index is 0.0404. The van der Waals surface area contributed by atoms with E-state index >= 15 is 0 Å². The van der Waals surface area contributed by atoms with E-state index in [1.54, 1.807) is 17.5 Å². The van der Waals surface area contributed by atoms with Crippen LogP contribution in [0.1, 0.15) is 15.2 Å². The molecule has 0 atom stereocenters. The molecule has 2 rings (SSSR count). The van der Waals surface area contributed by atoms with Crippen molar-refractivity contribution in [2.75, 3.05) is 0 Å². The number of carbonyl (C=O) groups is 1. The Balaban J connectivity index is 2.16. The molecule has 0 spiro atoms. The predicted molar refractivity (Wildman–Crippen MR) is 76.4 cm³/mol. The number of aromatic carboxylic acids is 1. The molecule has 0 saturated carbocycles. The molecule has 1 heterocycles. The van der Waals surface area contributed by atoms with Gasteiger partial charge in [-0.1, -0.05) is 15.9 Å². The van der Waals surface area contributed by atoms with Crippen LogP contribution in [0.4, 0.5) is 5.69 Å². The van der Waals surface area contributed by atoms with E-state index in [1.165, 1.54) is 12.1 Å². The maximum Gasteiger partial charge on any atom is 0.346 e. The quantitative estimate of drug-likeness (QED) is 0.650. The topological polar surface area (TPSA) is 89.7 Å². The van der Waals surface area contributed by atoms with Crippen LogP contribution < -0.4 is 4.74 Å². The smallest absolute Gasteiger partial charge is 0.346 e. The zero-order valence-electron chi connectivity index (χ0n) is 9.91. The van der Waals surface area contributed by atoms with Crippen LogP contribution >= 0.6 is 27.3 Å². The molecule has 0 radical (unpaired) electrons. The lowest BCUT2D eigenvalue weighted by atomic mass is 10.2. The SMILES string of the molecule is O=C(O)c1sccc1COc1cc(Br)cc([N+](=O)[O-])c1. The van der Waals surface area contributed by atoms with Crippen LogP contribution in [0.15, 0.2) is 34.1 Å². The van der Waals surface area contributed by atoms with E-state index in [2.05, 4.69) is 15.9 Å². The number of nitrogens with zero attached hydrogens (tertiary/aromatic N) is 1. The van der Waals surface area contributed by atoms with E-state index in [4.69, 9.17) is 9.84 Å². The summed E-state index contributed by atoms with van der Waals surface area (Å²) in [5.74, 6) is -0.715. The number of carboxylic acid groups (broad SMARTS) is 1. The van der Waals surface area contributed by atoms with Crippen LogP contribution in [0.3, 0.4) is 0 Å². The highest BCUT2D eigenvalue weighted by atomic mass is 79.9. The summed E-state index contributed by atoms with van der Waals surface area (Å²) in [6.07, 6.45) is 0. The van der Waals surface area contributed by atoms with Crippen LogP contribution in [0.5, 0.6) is 5.75 Å². The number of ether oxygens (including phenoxy) is 1. The second-order valence-corrected chi connectivity index (χ2v) is 5.60. The van der Waals surface area contributed by atoms with Crippen LogP contribution in [0.2, 0.25) is 0 Å². The molecule has 104 valence electrons. The van der Waals surface area contributed by atoms with E-state index in [9.17, 15) is 14.9 Å². The summed E-state index contributed by atoms with van der Waals surface area (Å²) in [5, 5.41) is 21.4. The van der Waals surface area contributed by atoms with Gasteiger partial charge in [0.2, 0.25) is 0 Å². The zero-order chi connectivity index (χ0) is 14.7. The van der Waals surface area contributed by atoms with Gasteiger partial charge in [-0.3, -0.25) is 10.1 Å². The molecule has 1 aromatic heterocycles. The fourth-order valence-corrected chi connectivity index (χ4v) is 2.74. The van der Waals surface area contributed by atoms with Crippen molar-refractivity contribution < 1.29 is 19.6 Å². The molecule has 2 aromatic rings. The molecular formula is C12H8BrNO5S. The lowest BCUT2D eigenvalue weighted by Gasteiger charge is -2.06. The fourth-order valence-electron chi connectivity index (χ4n) is 1.53. The molecule has 20 heavy (non-hydrogen) atoms. The van der Waals surface area contributed by atoms with Gasteiger partial charge in [0.25, 0.3) is 5.69 Å². The van der Waals surface area contributed by atoms with E-state index in [0.717, 1.165) is 11.3 Å². The Morgan fingerprint density at radius 1 is 1.45 bits per heavy atom. The molecule has 8 heteroatoms. The van der Waals surface area contributed by atoms with Gasteiger partial charge < -0.3 is 9.84 Å². The number of carboxylic acids is 1. The highest BCUT2D eigenvalue weighted by Crippen LogP contribution is 2.27. The molecule has 6 nitrogen and oxygen atoms in total. The zero-order valence-corrected chi connectivity index (χ0v) is 12.3. The molecule has 1 N–H and O–H groups in total. The summed E-state index contributed by atoms with van der Waals surface area (Å²) >= 11 is 4.27. The standard InChI is InChI=1S/C12H8BrNO5S/c13-8-3-9(14(17)18)5-10(4-8)19-6-7-1-2-20-11(7)12(15)16/h1-5H,6H2,(H,15,16). The highest BCUT2D eigenvalue weighted by Gasteiger charge is 2.13. The van der Waals surface area contributed by atoms with Gasteiger partial charge in [0.05, 0.1) is 11.0 Å². The lowest BCUT2D eigenvalue weighted by molar-refractivity contribution is -0.385. The monoisotopic (exact) mass is 357 g/mol. The maximum absolute atomic E-state index is 10.9. The van der Waals surface area contributed by atoms with E-state index in [0.29, 0.717) is 15.8 Å². The van der Waals surface area contributed by atoms with Crippen molar-refractivity contribution in [2.24, 2.45) is 0 Å². The van der Waals surface area contributed by atoms with Gasteiger partial charge >= 0.3 is 5.97 Å². The summed E-state index contributed by atoms with van der Waals surface area (Å²) < 4.78 is 5.94. The van der Waals surface area contributed by atoms with Gasteiger partial charge in [-0.25, -0.2) is 4.79 Å². The number of hydrogen-bond donors (Lipinski definition) is 1. The van der Waals surface area contributed by atoms with Gasteiger partial charge in [-0.15, -0.1) is 11.3 Å². The second-order valence-electron chi connectivity index (χ2n) is 3.77. The summed E-state index contributed by atoms with van der Waals surface area (Å²) in [6, 6.07) is 5.89. The van der Waals surface area contributed by atoms with Crippen molar-refractivity contribution in [1.29, 1.82) is 0 Å². The first kappa shape index (κ1) is 14.5. The Morgan fingerprint density at radius 2 is 2.20 bits per heavy atom. The van der Waals surface area contributed by atoms with Gasteiger partial charge in [-0.2, -0.15) is 0 Å². The molecule has 0 aliphatic rings. The van der Waals surface area contributed by atoms with Gasteiger partial charge in [0, 0.05) is 16.1 Å². The molecule has 0 saturated heterocycles. The number of rotatable bonds is 5. The van der Waals surface area contributed by atoms with E-state index in [1.807, 2.05) is 0 Å². The maximum atomic E-state index is 10.9. The number of thiophene rings is 1. The molecule has 0 aliphatic carbocycles. The Kier molecular flexibility index (Phi) is 4.35. The van der Waals surface area contributed by atoms with Gasteiger partial charge in [0.1, 0.15) is 17.2 Å². The van der Waals surface area contributed by atoms with Gasteiger partial charge in [0.15, 0.2) is 0 Å². The number of non-ortho nitro benzene ring substituents is 1. The Morgan fingerprint density at radius 3 is 2.85 bits per heavy atom. The predicted octanol–water partition coefficient (Wildman–Crippen LogP) is 3.70. The molecule has 0 aliphatic heterocycles. The number of nitro groups is 1. The fraction of sp³-hybridized carbons (Fsp3) is 0.0833. The summed E-state index contributed by atoms with van der Waals surface area (Å²) in [4.78, 5) is 21.4. The number of nitro benzene ring substituents is 1. The number of hydrogen-bond acceptors (Lipinski definition) is 5. The minimum atomic E-state index is -1.01. The second kappa shape index (κ2) is 6.02. The van der Waals surface area contributed by atoms with Crippen molar-refractivity contribution in [3.8, 4) is 5.75 Å². The van der Waals surface area contributed by atoms with Crippen molar-refractivity contribution in [1.82, 2.24) is 0 Å². The minimum Gasteiger partial charge on any atom is -0.489 e. The Bertz CT molecular complexity index is 670. The first-order chi connectivity index (χ1) is 9.47. The summed E-state index contributed by atoms with van der Waals surface area (Å²) in [6.45, 7) is 0.0404. The molecule has 0 bridgehead atoms. The number of halogens is 1. The van der Waals surface area contributed by atoms with Crippen molar-refractivity contribution in [2.45, 2.75) is 6.61 Å². The summed E-state index contributed by atoms with van der Waals surface area (Å²) in [5.41, 5.74) is 0.434. The van der Waals surface area contributed by atoms with Crippen molar-refractivity contribution in [3.05, 3.63) is 54.7 Å². The first-order valence-corrected chi connectivity index (χ1v) is 7.02. The average molecular weight is 358 g/mol. The Hall–Kier alpha value is -1.93. The highest BCUT2D eigenvalue weighted by molar-refractivity contribution is 9.10. The van der Waals surface area contributed by atoms with E-state index < -0.39 is 10.9 Å². The molecule has 1 aromatic carbocycles. The van der Waals surface area contributed by atoms with Crippen LogP contribution in [0.25, 0.3) is 0 Å². The lowest BCUT2D eigenvalue weighted by Crippen LogP contribution is -2.02. The molecular weight excluding hydrogens is 350 g/mol. The van der Waals surface area contributed by atoms with E-state index in [-0.39, 0.29) is 17.2 Å². The third-order valence-electron chi connectivity index (χ3n) is 2.40. The van der Waals surface area contributed by atoms with Crippen molar-refractivity contribution >= 4 is 38.9 Å². The van der Waals surface area contributed by atoms with Crippen molar-refractivity contribution in [3.63, 3.8) is 0 Å².